The van der Waals surface area contributed by atoms with Gasteiger partial charge in [-0.1, -0.05) is 12.1 Å². The Bertz CT molecular complexity index is 322. The van der Waals surface area contributed by atoms with Crippen LogP contribution in [0.25, 0.3) is 0 Å². The van der Waals surface area contributed by atoms with E-state index in [9.17, 15) is 13.2 Å². The molecule has 2 nitrogen and oxygen atoms in total. The Morgan fingerprint density at radius 1 is 1.29 bits per heavy atom. The number of nitrogens with two attached hydrogens (primary N) is 1. The molecule has 0 fully saturated rings. The van der Waals surface area contributed by atoms with Crippen LogP contribution in [0.1, 0.15) is 11.1 Å². The van der Waals surface area contributed by atoms with Crippen molar-refractivity contribution in [2.24, 2.45) is 0 Å². The minimum Gasteiger partial charge on any atom is -0.398 e. The van der Waals surface area contributed by atoms with Crippen molar-refractivity contribution in [2.45, 2.75) is 19.2 Å². The lowest BCUT2D eigenvalue weighted by Gasteiger charge is -2.08. The van der Waals surface area contributed by atoms with Crippen LogP contribution >= 0.6 is 0 Å². The van der Waals surface area contributed by atoms with Gasteiger partial charge < -0.3 is 10.8 Å². The third-order valence-corrected chi connectivity index (χ3v) is 1.79. The molecule has 1 aromatic carbocycles. The zero-order valence-electron chi connectivity index (χ0n) is 7.30. The molecule has 1 rings (SSSR count). The highest BCUT2D eigenvalue weighted by Gasteiger charge is 2.27. The molecule has 0 spiro atoms. The summed E-state index contributed by atoms with van der Waals surface area (Å²) in [5.74, 6) is 0. The molecule has 0 heterocycles. The van der Waals surface area contributed by atoms with E-state index in [1.807, 2.05) is 0 Å². The number of aliphatic hydroxyl groups is 1. The molecule has 5 heteroatoms. The predicted molar refractivity (Wildman–Crippen MR) is 46.5 cm³/mol. The van der Waals surface area contributed by atoms with E-state index < -0.39 is 12.6 Å². The van der Waals surface area contributed by atoms with Gasteiger partial charge in [0, 0.05) is 11.3 Å². The summed E-state index contributed by atoms with van der Waals surface area (Å²) in [6, 6.07) is 3.95. The molecule has 14 heavy (non-hydrogen) atoms. The molecule has 0 saturated heterocycles. The van der Waals surface area contributed by atoms with Gasteiger partial charge >= 0.3 is 6.18 Å². The van der Waals surface area contributed by atoms with E-state index >= 15 is 0 Å². The van der Waals surface area contributed by atoms with E-state index in [-0.39, 0.29) is 17.9 Å². The van der Waals surface area contributed by atoms with Gasteiger partial charge in [-0.25, -0.2) is 0 Å². The number of rotatable bonds is 2. The summed E-state index contributed by atoms with van der Waals surface area (Å²) in [6.45, 7) is -0.266. The fourth-order valence-electron chi connectivity index (χ4n) is 1.13. The quantitative estimate of drug-likeness (QED) is 0.724. The molecule has 0 aliphatic heterocycles. The van der Waals surface area contributed by atoms with Gasteiger partial charge in [0.25, 0.3) is 0 Å². The number of anilines is 1. The topological polar surface area (TPSA) is 46.2 Å². The minimum atomic E-state index is -4.23. The smallest absolute Gasteiger partial charge is 0.393 e. The average Bonchev–Trinajstić information content (AvgIpc) is 2.01. The lowest BCUT2D eigenvalue weighted by atomic mass is 10.1. The molecule has 0 bridgehead atoms. The number of hydrogen-bond donors (Lipinski definition) is 2. The summed E-state index contributed by atoms with van der Waals surface area (Å²) in [5, 5.41) is 8.74. The normalized spacial score (nSPS) is 11.7. The maximum Gasteiger partial charge on any atom is 0.393 e. The van der Waals surface area contributed by atoms with Crippen molar-refractivity contribution < 1.29 is 18.3 Å². The molecule has 0 unspecified atom stereocenters. The Morgan fingerprint density at radius 2 is 1.93 bits per heavy atom. The van der Waals surface area contributed by atoms with Gasteiger partial charge in [0.15, 0.2) is 0 Å². The first-order chi connectivity index (χ1) is 6.42. The third kappa shape index (κ3) is 2.92. The summed E-state index contributed by atoms with van der Waals surface area (Å²) in [7, 11) is 0. The highest BCUT2D eigenvalue weighted by atomic mass is 19.4. The van der Waals surface area contributed by atoms with Crippen molar-refractivity contribution in [3.63, 3.8) is 0 Å². The molecule has 0 radical (unpaired) electrons. The number of aliphatic hydroxyl groups excluding tert-OH is 1. The van der Waals surface area contributed by atoms with Crippen LogP contribution in [-0.2, 0) is 13.0 Å². The second-order valence-electron chi connectivity index (χ2n) is 2.98. The fraction of sp³-hybridized carbons (Fsp3) is 0.333. The standard InChI is InChI=1S/C9H10F3NO/c10-9(11,12)4-6-1-2-7(5-14)8(13)3-6/h1-3,14H,4-5,13H2. The lowest BCUT2D eigenvalue weighted by molar-refractivity contribution is -0.127. The van der Waals surface area contributed by atoms with Gasteiger partial charge in [0.05, 0.1) is 13.0 Å². The lowest BCUT2D eigenvalue weighted by Crippen LogP contribution is -2.11. The summed E-state index contributed by atoms with van der Waals surface area (Å²) in [6.07, 6.45) is -5.23. The summed E-state index contributed by atoms with van der Waals surface area (Å²) >= 11 is 0. The van der Waals surface area contributed by atoms with Gasteiger partial charge in [-0.2, -0.15) is 13.2 Å². The van der Waals surface area contributed by atoms with Crippen molar-refractivity contribution in [3.05, 3.63) is 29.3 Å². The van der Waals surface area contributed by atoms with Gasteiger partial charge in [0.1, 0.15) is 0 Å². The molecule has 1 aromatic rings. The SMILES string of the molecule is Nc1cc(CC(F)(F)F)ccc1CO. The van der Waals surface area contributed by atoms with Crippen molar-refractivity contribution in [1.82, 2.24) is 0 Å². The monoisotopic (exact) mass is 205 g/mol. The fourth-order valence-corrected chi connectivity index (χ4v) is 1.13. The molecule has 78 valence electrons. The molecule has 0 atom stereocenters. The van der Waals surface area contributed by atoms with E-state index in [1.54, 1.807) is 0 Å². The molecular formula is C9H10F3NO. The van der Waals surface area contributed by atoms with Crippen LogP contribution in [0.3, 0.4) is 0 Å². The first-order valence-corrected chi connectivity index (χ1v) is 3.97. The van der Waals surface area contributed by atoms with E-state index in [0.29, 0.717) is 5.56 Å². The van der Waals surface area contributed by atoms with Crippen molar-refractivity contribution in [2.75, 3.05) is 5.73 Å². The predicted octanol–water partition coefficient (Wildman–Crippen LogP) is 1.87. The van der Waals surface area contributed by atoms with E-state index in [2.05, 4.69) is 0 Å². The summed E-state index contributed by atoms with van der Waals surface area (Å²) in [4.78, 5) is 0. The second-order valence-corrected chi connectivity index (χ2v) is 2.98. The van der Waals surface area contributed by atoms with E-state index in [4.69, 9.17) is 10.8 Å². The zero-order valence-corrected chi connectivity index (χ0v) is 7.30. The number of hydrogen-bond acceptors (Lipinski definition) is 2. The Balaban J connectivity index is 2.87. The van der Waals surface area contributed by atoms with Crippen LogP contribution in [0.2, 0.25) is 0 Å². The van der Waals surface area contributed by atoms with Crippen molar-refractivity contribution in [1.29, 1.82) is 0 Å². The van der Waals surface area contributed by atoms with Crippen LogP contribution in [0.4, 0.5) is 18.9 Å². The second kappa shape index (κ2) is 3.88. The van der Waals surface area contributed by atoms with E-state index in [1.165, 1.54) is 18.2 Å². The molecule has 3 N–H and O–H groups in total. The maximum atomic E-state index is 12.0. The maximum absolute atomic E-state index is 12.0. The molecule has 0 aliphatic rings. The number of nitrogen functional groups attached to an aromatic ring is 1. The average molecular weight is 205 g/mol. The summed E-state index contributed by atoms with van der Waals surface area (Å²) in [5.41, 5.74) is 6.16. The number of halogens is 3. The Morgan fingerprint density at radius 3 is 2.36 bits per heavy atom. The first kappa shape index (κ1) is 10.8. The first-order valence-electron chi connectivity index (χ1n) is 3.97. The highest BCUT2D eigenvalue weighted by Crippen LogP contribution is 2.23. The largest absolute Gasteiger partial charge is 0.398 e. The number of alkyl halides is 3. The van der Waals surface area contributed by atoms with Gasteiger partial charge in [-0.15, -0.1) is 0 Å². The van der Waals surface area contributed by atoms with Gasteiger partial charge in [0.2, 0.25) is 0 Å². The molecular weight excluding hydrogens is 195 g/mol. The van der Waals surface area contributed by atoms with Crippen molar-refractivity contribution in [3.8, 4) is 0 Å². The Hall–Kier alpha value is -1.23. The van der Waals surface area contributed by atoms with Gasteiger partial charge in [-0.3, -0.25) is 0 Å². The van der Waals surface area contributed by atoms with Crippen LogP contribution < -0.4 is 5.73 Å². The van der Waals surface area contributed by atoms with Crippen LogP contribution in [0.15, 0.2) is 18.2 Å². The number of benzene rings is 1. The van der Waals surface area contributed by atoms with Crippen LogP contribution in [-0.4, -0.2) is 11.3 Å². The molecule has 0 aromatic heterocycles. The third-order valence-electron chi connectivity index (χ3n) is 1.79. The van der Waals surface area contributed by atoms with Crippen LogP contribution in [0, 0.1) is 0 Å². The van der Waals surface area contributed by atoms with Crippen LogP contribution in [0.5, 0.6) is 0 Å². The zero-order chi connectivity index (χ0) is 10.8. The highest BCUT2D eigenvalue weighted by molar-refractivity contribution is 5.48. The Kier molecular flexibility index (Phi) is 3.00. The molecule has 0 saturated carbocycles. The summed E-state index contributed by atoms with van der Waals surface area (Å²) < 4.78 is 35.9. The molecule has 0 aliphatic carbocycles. The van der Waals surface area contributed by atoms with E-state index in [0.717, 1.165) is 0 Å². The minimum absolute atomic E-state index is 0.104. The Labute approximate surface area is 79.2 Å². The van der Waals surface area contributed by atoms with Crippen molar-refractivity contribution >= 4 is 5.69 Å². The molecule has 0 amide bonds. The van der Waals surface area contributed by atoms with Gasteiger partial charge in [-0.05, 0) is 11.6 Å².